The topological polar surface area (TPSA) is 58.8 Å². The van der Waals surface area contributed by atoms with Crippen LogP contribution in [0.1, 0.15) is 20.8 Å². The number of carbonyl (C=O) groups excluding carboxylic acids is 1. The quantitative estimate of drug-likeness (QED) is 0.845. The number of aromatic nitrogens is 1. The van der Waals surface area contributed by atoms with Crippen molar-refractivity contribution >= 4 is 12.1 Å². The fourth-order valence-electron chi connectivity index (χ4n) is 2.56. The lowest BCUT2D eigenvalue weighted by Crippen LogP contribution is -2.50. The summed E-state index contributed by atoms with van der Waals surface area (Å²) in [6.45, 7) is 8.16. The summed E-state index contributed by atoms with van der Waals surface area (Å²) in [4.78, 5) is 20.4. The fourth-order valence-corrected chi connectivity index (χ4v) is 2.56. The Hall–Kier alpha value is -2.50. The van der Waals surface area contributed by atoms with E-state index in [9.17, 15) is 4.79 Å². The number of anilines is 1. The summed E-state index contributed by atoms with van der Waals surface area (Å²) in [5.74, 6) is 0. The summed E-state index contributed by atoms with van der Waals surface area (Å²) in [7, 11) is 0. The molecule has 1 saturated heterocycles. The molecule has 6 nitrogen and oxygen atoms in total. The molecule has 1 aromatic carbocycles. The summed E-state index contributed by atoms with van der Waals surface area (Å²) in [5, 5.41) is 0. The predicted molar refractivity (Wildman–Crippen MR) is 92.0 cm³/mol. The van der Waals surface area contributed by atoms with Gasteiger partial charge in [0.25, 0.3) is 6.01 Å². The van der Waals surface area contributed by atoms with Gasteiger partial charge >= 0.3 is 6.09 Å². The van der Waals surface area contributed by atoms with Crippen LogP contribution in [-0.4, -0.2) is 47.8 Å². The highest BCUT2D eigenvalue weighted by molar-refractivity contribution is 5.68. The lowest BCUT2D eigenvalue weighted by Gasteiger charge is -2.34. The van der Waals surface area contributed by atoms with Crippen LogP contribution in [0.15, 0.2) is 41.0 Å². The third kappa shape index (κ3) is 3.88. The second-order valence-corrected chi connectivity index (χ2v) is 6.84. The van der Waals surface area contributed by atoms with Crippen molar-refractivity contribution in [3.05, 3.63) is 36.6 Å². The van der Waals surface area contributed by atoms with Gasteiger partial charge in [0.2, 0.25) is 0 Å². The first-order valence-electron chi connectivity index (χ1n) is 8.16. The maximum atomic E-state index is 12.1. The Bertz CT molecular complexity index is 683. The smallest absolute Gasteiger partial charge is 0.410 e. The number of nitrogens with zero attached hydrogens (tertiary/aromatic N) is 3. The molecule has 1 aliphatic heterocycles. The number of piperazine rings is 1. The van der Waals surface area contributed by atoms with Gasteiger partial charge in [-0.05, 0) is 20.8 Å². The van der Waals surface area contributed by atoms with Gasteiger partial charge in [-0.2, -0.15) is 4.98 Å². The molecule has 1 fully saturated rings. The van der Waals surface area contributed by atoms with Crippen molar-refractivity contribution in [3.63, 3.8) is 0 Å². The molecule has 0 unspecified atom stereocenters. The molecule has 6 heteroatoms. The van der Waals surface area contributed by atoms with Crippen LogP contribution in [0, 0.1) is 0 Å². The van der Waals surface area contributed by atoms with Crippen molar-refractivity contribution in [3.8, 4) is 11.3 Å². The Kier molecular flexibility index (Phi) is 4.46. The molecular weight excluding hydrogens is 306 g/mol. The molecule has 24 heavy (non-hydrogen) atoms. The van der Waals surface area contributed by atoms with E-state index in [1.807, 2.05) is 56.0 Å². The molecule has 0 radical (unpaired) electrons. The van der Waals surface area contributed by atoms with Gasteiger partial charge < -0.3 is 19.0 Å². The minimum Gasteiger partial charge on any atom is -0.444 e. The molecule has 2 heterocycles. The molecule has 0 aliphatic carbocycles. The first-order valence-corrected chi connectivity index (χ1v) is 8.16. The molecule has 0 atom stereocenters. The normalized spacial score (nSPS) is 15.5. The Balaban J connectivity index is 1.59. The summed E-state index contributed by atoms with van der Waals surface area (Å²) in [6, 6.07) is 10.5. The van der Waals surface area contributed by atoms with Crippen LogP contribution in [0.4, 0.5) is 10.8 Å². The highest BCUT2D eigenvalue weighted by Gasteiger charge is 2.27. The molecule has 2 aromatic rings. The van der Waals surface area contributed by atoms with E-state index in [0.717, 1.165) is 11.3 Å². The lowest BCUT2D eigenvalue weighted by atomic mass is 10.2. The van der Waals surface area contributed by atoms with Crippen LogP contribution in [0.2, 0.25) is 0 Å². The van der Waals surface area contributed by atoms with Crippen LogP contribution in [-0.2, 0) is 4.74 Å². The zero-order valence-electron chi connectivity index (χ0n) is 14.4. The summed E-state index contributed by atoms with van der Waals surface area (Å²) < 4.78 is 11.0. The zero-order chi connectivity index (χ0) is 17.2. The van der Waals surface area contributed by atoms with Crippen molar-refractivity contribution in [2.24, 2.45) is 0 Å². The molecular formula is C18H23N3O3. The molecule has 3 rings (SSSR count). The Morgan fingerprint density at radius 3 is 2.42 bits per heavy atom. The average molecular weight is 329 g/mol. The Labute approximate surface area is 142 Å². The number of carbonyl (C=O) groups is 1. The minimum absolute atomic E-state index is 0.264. The van der Waals surface area contributed by atoms with Crippen molar-refractivity contribution in [1.29, 1.82) is 0 Å². The number of amides is 1. The largest absolute Gasteiger partial charge is 0.444 e. The summed E-state index contributed by atoms with van der Waals surface area (Å²) >= 11 is 0. The van der Waals surface area contributed by atoms with Gasteiger partial charge in [-0.25, -0.2) is 4.79 Å². The van der Waals surface area contributed by atoms with Gasteiger partial charge in [0.1, 0.15) is 17.6 Å². The molecule has 128 valence electrons. The van der Waals surface area contributed by atoms with Crippen LogP contribution in [0.3, 0.4) is 0 Å². The Morgan fingerprint density at radius 2 is 1.79 bits per heavy atom. The highest BCUT2D eigenvalue weighted by Crippen LogP contribution is 2.23. The van der Waals surface area contributed by atoms with Crippen LogP contribution in [0.25, 0.3) is 11.3 Å². The van der Waals surface area contributed by atoms with E-state index in [-0.39, 0.29) is 6.09 Å². The van der Waals surface area contributed by atoms with Crippen molar-refractivity contribution < 1.29 is 13.9 Å². The van der Waals surface area contributed by atoms with Crippen LogP contribution in [0.5, 0.6) is 0 Å². The molecule has 1 aliphatic rings. The molecule has 0 spiro atoms. The van der Waals surface area contributed by atoms with E-state index in [4.69, 9.17) is 9.15 Å². The van der Waals surface area contributed by atoms with Crippen molar-refractivity contribution in [2.45, 2.75) is 26.4 Å². The number of oxazole rings is 1. The maximum absolute atomic E-state index is 12.1. The SMILES string of the molecule is CC(C)(C)OC(=O)N1CCN(c2nc(-c3ccccc3)co2)CC1. The first-order chi connectivity index (χ1) is 11.4. The van der Waals surface area contributed by atoms with E-state index < -0.39 is 5.60 Å². The molecule has 1 amide bonds. The van der Waals surface area contributed by atoms with Gasteiger partial charge in [-0.3, -0.25) is 0 Å². The van der Waals surface area contributed by atoms with E-state index in [1.54, 1.807) is 11.2 Å². The van der Waals surface area contributed by atoms with Crippen LogP contribution < -0.4 is 4.90 Å². The van der Waals surface area contributed by atoms with Crippen molar-refractivity contribution in [2.75, 3.05) is 31.1 Å². The predicted octanol–water partition coefficient (Wildman–Crippen LogP) is 3.40. The van der Waals surface area contributed by atoms with Gasteiger partial charge in [0.15, 0.2) is 0 Å². The number of rotatable bonds is 2. The van der Waals surface area contributed by atoms with E-state index in [0.29, 0.717) is 32.2 Å². The average Bonchev–Trinajstić information content (AvgIpc) is 3.04. The monoisotopic (exact) mass is 329 g/mol. The standard InChI is InChI=1S/C18H23N3O3/c1-18(2,3)24-17(22)21-11-9-20(10-12-21)16-19-15(13-23-16)14-7-5-4-6-8-14/h4-8,13H,9-12H2,1-3H3. The van der Waals surface area contributed by atoms with E-state index in [1.165, 1.54) is 0 Å². The van der Waals surface area contributed by atoms with E-state index in [2.05, 4.69) is 4.98 Å². The molecule has 0 N–H and O–H groups in total. The second-order valence-electron chi connectivity index (χ2n) is 6.84. The van der Waals surface area contributed by atoms with Gasteiger partial charge in [-0.15, -0.1) is 0 Å². The highest BCUT2D eigenvalue weighted by atomic mass is 16.6. The van der Waals surface area contributed by atoms with Crippen LogP contribution >= 0.6 is 0 Å². The number of benzene rings is 1. The maximum Gasteiger partial charge on any atom is 0.410 e. The third-order valence-electron chi connectivity index (χ3n) is 3.76. The molecule has 1 aromatic heterocycles. The zero-order valence-corrected chi connectivity index (χ0v) is 14.4. The van der Waals surface area contributed by atoms with E-state index >= 15 is 0 Å². The second kappa shape index (κ2) is 6.55. The van der Waals surface area contributed by atoms with Gasteiger partial charge in [0.05, 0.1) is 0 Å². The summed E-state index contributed by atoms with van der Waals surface area (Å²) in [6.07, 6.45) is 1.41. The summed E-state index contributed by atoms with van der Waals surface area (Å²) in [5.41, 5.74) is 1.38. The van der Waals surface area contributed by atoms with Gasteiger partial charge in [-0.1, -0.05) is 30.3 Å². The first kappa shape index (κ1) is 16.4. The number of hydrogen-bond donors (Lipinski definition) is 0. The molecule has 0 bridgehead atoms. The number of hydrogen-bond acceptors (Lipinski definition) is 5. The Morgan fingerprint density at radius 1 is 1.12 bits per heavy atom. The van der Waals surface area contributed by atoms with Crippen molar-refractivity contribution in [1.82, 2.24) is 9.88 Å². The third-order valence-corrected chi connectivity index (χ3v) is 3.76. The lowest BCUT2D eigenvalue weighted by molar-refractivity contribution is 0.0239. The molecule has 0 saturated carbocycles. The van der Waals surface area contributed by atoms with Gasteiger partial charge in [0, 0.05) is 31.7 Å². The number of ether oxygens (including phenoxy) is 1. The fraction of sp³-hybridized carbons (Fsp3) is 0.444. The minimum atomic E-state index is -0.471.